The number of piperidine rings is 1. The molecule has 0 radical (unpaired) electrons. The number of hydrogen-bond donors (Lipinski definition) is 3. The second kappa shape index (κ2) is 7.82. The molecule has 1 fully saturated rings. The summed E-state index contributed by atoms with van der Waals surface area (Å²) >= 11 is 1.59. The van der Waals surface area contributed by atoms with E-state index in [9.17, 15) is 9.59 Å². The summed E-state index contributed by atoms with van der Waals surface area (Å²) in [5, 5.41) is 10.7. The highest BCUT2D eigenvalue weighted by Crippen LogP contribution is 2.38. The Morgan fingerprint density at radius 2 is 2.17 bits per heavy atom. The molecule has 0 aromatic carbocycles. The van der Waals surface area contributed by atoms with Gasteiger partial charge in [-0.25, -0.2) is 4.98 Å². The lowest BCUT2D eigenvalue weighted by Crippen LogP contribution is -2.46. The fourth-order valence-corrected chi connectivity index (χ4v) is 4.92. The number of aromatic amines is 1. The van der Waals surface area contributed by atoms with E-state index >= 15 is 0 Å². The Balaban J connectivity index is 1.55. The molecule has 2 amide bonds. The molecule has 3 aromatic heterocycles. The van der Waals surface area contributed by atoms with Gasteiger partial charge in [0.15, 0.2) is 0 Å². The summed E-state index contributed by atoms with van der Waals surface area (Å²) in [6.07, 6.45) is 5.80. The van der Waals surface area contributed by atoms with Crippen LogP contribution in [0.3, 0.4) is 0 Å². The van der Waals surface area contributed by atoms with Crippen molar-refractivity contribution in [2.75, 3.05) is 17.6 Å². The van der Waals surface area contributed by atoms with Crippen LogP contribution in [0.4, 0.5) is 11.5 Å². The Labute approximate surface area is 172 Å². The zero-order valence-corrected chi connectivity index (χ0v) is 17.3. The number of fused-ring (bicyclic) bond motifs is 1. The van der Waals surface area contributed by atoms with E-state index < -0.39 is 11.8 Å². The van der Waals surface area contributed by atoms with Gasteiger partial charge in [0.25, 0.3) is 0 Å². The monoisotopic (exact) mass is 412 g/mol. The zero-order valence-electron chi connectivity index (χ0n) is 16.4. The molecular weight excluding hydrogens is 388 g/mol. The van der Waals surface area contributed by atoms with E-state index in [0.29, 0.717) is 30.4 Å². The van der Waals surface area contributed by atoms with Crippen LogP contribution >= 0.6 is 11.3 Å². The zero-order chi connectivity index (χ0) is 20.5. The minimum Gasteiger partial charge on any atom is -0.383 e. The fourth-order valence-electron chi connectivity index (χ4n) is 3.79. The third-order valence-corrected chi connectivity index (χ3v) is 6.55. The fraction of sp³-hybridized carbons (Fsp3) is 0.400. The van der Waals surface area contributed by atoms with Gasteiger partial charge in [-0.2, -0.15) is 5.10 Å². The minimum absolute atomic E-state index is 0.106. The molecule has 3 aromatic rings. The van der Waals surface area contributed by atoms with Crippen LogP contribution in [0.1, 0.15) is 43.2 Å². The molecule has 4 N–H and O–H groups in total. The standard InChI is InChI=1S/C20H24N6O2S/c1-3-12-6-14(9-22-17(12)21)24-18(27)20(28)26-10-11(2)4-5-15(26)16-7-13-8-23-25-19(13)29-16/h6-9,11,15H,3-5,10H2,1-2H3,(H2,21,22)(H,23,25)(H,24,27)/t11-,15+/m1/s1. The summed E-state index contributed by atoms with van der Waals surface area (Å²) in [4.78, 5) is 33.6. The lowest BCUT2D eigenvalue weighted by molar-refractivity contribution is -0.146. The van der Waals surface area contributed by atoms with Crippen molar-refractivity contribution in [1.82, 2.24) is 20.1 Å². The van der Waals surface area contributed by atoms with Gasteiger partial charge >= 0.3 is 11.8 Å². The number of carbonyl (C=O) groups excluding carboxylic acids is 2. The quantitative estimate of drug-likeness (QED) is 0.572. The first-order chi connectivity index (χ1) is 14.0. The van der Waals surface area contributed by atoms with Crippen molar-refractivity contribution in [3.8, 4) is 0 Å². The largest absolute Gasteiger partial charge is 0.383 e. The first kappa shape index (κ1) is 19.4. The summed E-state index contributed by atoms with van der Waals surface area (Å²) in [5.41, 5.74) is 7.14. The van der Waals surface area contributed by atoms with Crippen LogP contribution in [0.25, 0.3) is 10.2 Å². The first-order valence-corrected chi connectivity index (χ1v) is 10.6. The average molecular weight is 413 g/mol. The van der Waals surface area contributed by atoms with E-state index in [-0.39, 0.29) is 6.04 Å². The Kier molecular flexibility index (Phi) is 5.23. The Morgan fingerprint density at radius 1 is 1.34 bits per heavy atom. The van der Waals surface area contributed by atoms with Gasteiger partial charge in [-0.05, 0) is 42.9 Å². The summed E-state index contributed by atoms with van der Waals surface area (Å²) in [7, 11) is 0. The molecule has 8 nitrogen and oxygen atoms in total. The molecular formula is C20H24N6O2S. The van der Waals surface area contributed by atoms with Crippen LogP contribution < -0.4 is 11.1 Å². The number of carbonyl (C=O) groups is 2. The van der Waals surface area contributed by atoms with E-state index in [0.717, 1.165) is 33.5 Å². The lowest BCUT2D eigenvalue weighted by atomic mass is 9.93. The second-order valence-corrected chi connectivity index (χ2v) is 8.62. The molecule has 152 valence electrons. The topological polar surface area (TPSA) is 117 Å². The van der Waals surface area contributed by atoms with Gasteiger partial charge in [0, 0.05) is 16.8 Å². The van der Waals surface area contributed by atoms with Crippen LogP contribution in [-0.2, 0) is 16.0 Å². The van der Waals surface area contributed by atoms with Crippen molar-refractivity contribution in [3.63, 3.8) is 0 Å². The molecule has 29 heavy (non-hydrogen) atoms. The number of hydrogen-bond acceptors (Lipinski definition) is 6. The molecule has 0 unspecified atom stereocenters. The van der Waals surface area contributed by atoms with E-state index in [1.165, 1.54) is 6.20 Å². The molecule has 2 atom stereocenters. The van der Waals surface area contributed by atoms with E-state index in [1.54, 1.807) is 28.5 Å². The summed E-state index contributed by atoms with van der Waals surface area (Å²) in [6.45, 7) is 4.62. The summed E-state index contributed by atoms with van der Waals surface area (Å²) in [6, 6.07) is 3.71. The number of pyridine rings is 1. The van der Waals surface area contributed by atoms with Crippen LogP contribution in [0, 0.1) is 5.92 Å². The van der Waals surface area contributed by atoms with Gasteiger partial charge in [0.2, 0.25) is 0 Å². The number of amides is 2. The molecule has 9 heteroatoms. The minimum atomic E-state index is -0.651. The van der Waals surface area contributed by atoms with Crippen molar-refractivity contribution in [3.05, 3.63) is 35.0 Å². The third kappa shape index (κ3) is 3.82. The molecule has 0 bridgehead atoms. The predicted molar refractivity (Wildman–Crippen MR) is 113 cm³/mol. The van der Waals surface area contributed by atoms with Gasteiger partial charge in [-0.1, -0.05) is 13.8 Å². The Morgan fingerprint density at radius 3 is 2.93 bits per heavy atom. The number of rotatable bonds is 3. The van der Waals surface area contributed by atoms with Crippen molar-refractivity contribution < 1.29 is 9.59 Å². The van der Waals surface area contributed by atoms with Crippen molar-refractivity contribution in [1.29, 1.82) is 0 Å². The Hall–Kier alpha value is -2.94. The number of anilines is 2. The summed E-state index contributed by atoms with van der Waals surface area (Å²) < 4.78 is 0. The lowest BCUT2D eigenvalue weighted by Gasteiger charge is -2.37. The maximum atomic E-state index is 13.1. The van der Waals surface area contributed by atoms with Crippen LogP contribution in [0.15, 0.2) is 24.5 Å². The Bertz CT molecular complexity index is 1030. The van der Waals surface area contributed by atoms with Crippen molar-refractivity contribution >= 4 is 44.9 Å². The smallest absolute Gasteiger partial charge is 0.313 e. The molecule has 0 aliphatic carbocycles. The van der Waals surface area contributed by atoms with Gasteiger partial charge in [-0.3, -0.25) is 14.7 Å². The SMILES string of the molecule is CCc1cc(NC(=O)C(=O)N2C[C@H](C)CC[C@H]2c2cc3cn[nH]c3s2)cnc1N. The molecule has 4 rings (SSSR count). The van der Waals surface area contributed by atoms with E-state index in [1.807, 2.05) is 6.92 Å². The number of aryl methyl sites for hydroxylation is 1. The van der Waals surface area contributed by atoms with Crippen LogP contribution in [0.2, 0.25) is 0 Å². The average Bonchev–Trinajstić information content (AvgIpc) is 3.31. The normalized spacial score (nSPS) is 19.4. The highest BCUT2D eigenvalue weighted by Gasteiger charge is 2.35. The van der Waals surface area contributed by atoms with Gasteiger partial charge < -0.3 is 16.0 Å². The predicted octanol–water partition coefficient (Wildman–Crippen LogP) is 3.10. The van der Waals surface area contributed by atoms with Gasteiger partial charge in [0.1, 0.15) is 10.6 Å². The number of nitrogen functional groups attached to an aromatic ring is 1. The van der Waals surface area contributed by atoms with Crippen molar-refractivity contribution in [2.45, 2.75) is 39.2 Å². The first-order valence-electron chi connectivity index (χ1n) is 9.75. The maximum absolute atomic E-state index is 13.1. The molecule has 0 saturated carbocycles. The van der Waals surface area contributed by atoms with E-state index in [4.69, 9.17) is 5.73 Å². The maximum Gasteiger partial charge on any atom is 0.313 e. The number of nitrogens with two attached hydrogens (primary N) is 1. The highest BCUT2D eigenvalue weighted by atomic mass is 32.1. The number of likely N-dealkylation sites (tertiary alicyclic amines) is 1. The number of nitrogens with one attached hydrogen (secondary N) is 2. The van der Waals surface area contributed by atoms with Crippen LogP contribution in [0.5, 0.6) is 0 Å². The van der Waals surface area contributed by atoms with Gasteiger partial charge in [0.05, 0.1) is 24.1 Å². The van der Waals surface area contributed by atoms with Gasteiger partial charge in [-0.15, -0.1) is 11.3 Å². The molecule has 0 spiro atoms. The number of aromatic nitrogens is 3. The number of thiophene rings is 1. The van der Waals surface area contributed by atoms with Crippen molar-refractivity contribution in [2.24, 2.45) is 5.92 Å². The number of nitrogens with zero attached hydrogens (tertiary/aromatic N) is 3. The van der Waals surface area contributed by atoms with E-state index in [2.05, 4.69) is 33.5 Å². The molecule has 4 heterocycles. The second-order valence-electron chi connectivity index (χ2n) is 7.54. The molecule has 1 saturated heterocycles. The van der Waals surface area contributed by atoms with Crippen LogP contribution in [-0.4, -0.2) is 38.4 Å². The number of H-pyrrole nitrogens is 1. The molecule has 1 aliphatic rings. The third-order valence-electron chi connectivity index (χ3n) is 5.39. The highest BCUT2D eigenvalue weighted by molar-refractivity contribution is 7.18. The summed E-state index contributed by atoms with van der Waals surface area (Å²) in [5.74, 6) is -0.392. The molecule has 1 aliphatic heterocycles.